The highest BCUT2D eigenvalue weighted by Crippen LogP contribution is 2.41. The summed E-state index contributed by atoms with van der Waals surface area (Å²) >= 11 is 0. The topological polar surface area (TPSA) is 85.8 Å². The number of anilines is 1. The van der Waals surface area contributed by atoms with Crippen molar-refractivity contribution >= 4 is 22.7 Å². The molecule has 0 spiro atoms. The Bertz CT molecular complexity index is 1620. The second kappa shape index (κ2) is 8.29. The monoisotopic (exact) mass is 464 g/mol. The van der Waals surface area contributed by atoms with E-state index in [1.54, 1.807) is 37.3 Å². The minimum Gasteiger partial charge on any atom is -0.489 e. The van der Waals surface area contributed by atoms with Crippen LogP contribution in [0.3, 0.4) is 0 Å². The molecule has 1 aliphatic heterocycles. The van der Waals surface area contributed by atoms with Crippen LogP contribution in [0.15, 0.2) is 98.7 Å². The van der Waals surface area contributed by atoms with Crippen molar-refractivity contribution in [3.05, 3.63) is 123 Å². The molecule has 35 heavy (non-hydrogen) atoms. The Morgan fingerprint density at radius 2 is 1.74 bits per heavy atom. The summed E-state index contributed by atoms with van der Waals surface area (Å²) in [7, 11) is 0. The number of aromatic nitrogens is 1. The maximum atomic E-state index is 13.6. The number of ether oxygens (including phenoxy) is 1. The van der Waals surface area contributed by atoms with Crippen LogP contribution in [-0.2, 0) is 6.61 Å². The fraction of sp³-hybridized carbons (Fsp3) is 0.107. The normalized spacial score (nSPS) is 14.9. The van der Waals surface area contributed by atoms with E-state index in [2.05, 4.69) is 5.16 Å². The summed E-state index contributed by atoms with van der Waals surface area (Å²) in [5.74, 6) is 1.04. The quantitative estimate of drug-likeness (QED) is 0.345. The molecule has 0 unspecified atom stereocenters. The van der Waals surface area contributed by atoms with Crippen LogP contribution in [0.4, 0.5) is 5.82 Å². The summed E-state index contributed by atoms with van der Waals surface area (Å²) in [5.41, 5.74) is 2.12. The van der Waals surface area contributed by atoms with Crippen molar-refractivity contribution in [1.82, 2.24) is 5.16 Å². The maximum Gasteiger partial charge on any atom is 0.296 e. The summed E-state index contributed by atoms with van der Waals surface area (Å²) in [4.78, 5) is 28.6. The second-order valence-corrected chi connectivity index (χ2v) is 8.39. The van der Waals surface area contributed by atoms with Gasteiger partial charge in [-0.2, -0.15) is 0 Å². The van der Waals surface area contributed by atoms with Crippen LogP contribution in [0.1, 0.15) is 39.0 Å². The SMILES string of the molecule is Cc1cc(N2C(=O)c3oc4ccccc4c(=O)c3[C@@H]2c2cccc(OCc3ccccc3)c2)no1. The Morgan fingerprint density at radius 1 is 0.943 bits per heavy atom. The Labute approximate surface area is 200 Å². The smallest absolute Gasteiger partial charge is 0.296 e. The molecule has 7 heteroatoms. The highest BCUT2D eigenvalue weighted by molar-refractivity contribution is 6.10. The number of fused-ring (bicyclic) bond motifs is 2. The van der Waals surface area contributed by atoms with Gasteiger partial charge in [0.25, 0.3) is 5.91 Å². The van der Waals surface area contributed by atoms with Gasteiger partial charge in [-0.25, -0.2) is 0 Å². The van der Waals surface area contributed by atoms with E-state index >= 15 is 0 Å². The van der Waals surface area contributed by atoms with Crippen LogP contribution in [0.25, 0.3) is 11.0 Å². The van der Waals surface area contributed by atoms with Gasteiger partial charge in [0.15, 0.2) is 11.2 Å². The van der Waals surface area contributed by atoms with Crippen LogP contribution < -0.4 is 15.1 Å². The number of carbonyl (C=O) groups excluding carboxylic acids is 1. The molecule has 172 valence electrons. The Kier molecular flexibility index (Phi) is 4.95. The number of benzene rings is 3. The summed E-state index contributed by atoms with van der Waals surface area (Å²) in [6.07, 6.45) is 0. The first-order chi connectivity index (χ1) is 17.1. The fourth-order valence-corrected chi connectivity index (χ4v) is 4.45. The van der Waals surface area contributed by atoms with E-state index in [9.17, 15) is 9.59 Å². The van der Waals surface area contributed by atoms with Gasteiger partial charge in [-0.1, -0.05) is 59.8 Å². The number of para-hydroxylation sites is 1. The summed E-state index contributed by atoms with van der Waals surface area (Å²) in [6, 6.07) is 25.1. The van der Waals surface area contributed by atoms with Crippen LogP contribution in [0.2, 0.25) is 0 Å². The lowest BCUT2D eigenvalue weighted by Gasteiger charge is -2.22. The molecule has 5 aromatic rings. The first kappa shape index (κ1) is 20.9. The van der Waals surface area contributed by atoms with Crippen molar-refractivity contribution in [2.75, 3.05) is 4.90 Å². The van der Waals surface area contributed by atoms with Crippen molar-refractivity contribution in [3.63, 3.8) is 0 Å². The molecule has 0 N–H and O–H groups in total. The van der Waals surface area contributed by atoms with Gasteiger partial charge in [0.1, 0.15) is 23.7 Å². The van der Waals surface area contributed by atoms with Crippen molar-refractivity contribution in [2.24, 2.45) is 0 Å². The van der Waals surface area contributed by atoms with Crippen LogP contribution >= 0.6 is 0 Å². The zero-order valence-electron chi connectivity index (χ0n) is 18.8. The van der Waals surface area contributed by atoms with E-state index in [1.807, 2.05) is 54.6 Å². The minimum absolute atomic E-state index is 0.00922. The second-order valence-electron chi connectivity index (χ2n) is 8.39. The van der Waals surface area contributed by atoms with Gasteiger partial charge in [-0.15, -0.1) is 0 Å². The first-order valence-corrected chi connectivity index (χ1v) is 11.2. The summed E-state index contributed by atoms with van der Waals surface area (Å²) in [5, 5.41) is 4.48. The van der Waals surface area contributed by atoms with Crippen molar-refractivity contribution in [1.29, 1.82) is 0 Å². The van der Waals surface area contributed by atoms with E-state index in [4.69, 9.17) is 13.7 Å². The average Bonchev–Trinajstić information content (AvgIpc) is 3.44. The number of hydrogen-bond donors (Lipinski definition) is 0. The van der Waals surface area contributed by atoms with Crippen LogP contribution in [0.5, 0.6) is 5.75 Å². The number of hydrogen-bond acceptors (Lipinski definition) is 6. The zero-order valence-corrected chi connectivity index (χ0v) is 18.8. The van der Waals surface area contributed by atoms with E-state index in [-0.39, 0.29) is 16.8 Å². The summed E-state index contributed by atoms with van der Waals surface area (Å²) < 4.78 is 17.2. The van der Waals surface area contributed by atoms with Gasteiger partial charge in [-0.3, -0.25) is 14.5 Å². The first-order valence-electron chi connectivity index (χ1n) is 11.2. The summed E-state index contributed by atoms with van der Waals surface area (Å²) in [6.45, 7) is 2.14. The standard InChI is InChI=1S/C28H20N2O5/c1-17-14-23(29-35-17)30-25(19-10-7-11-20(15-19)33-16-18-8-3-2-4-9-18)24-26(31)21-12-5-6-13-22(21)34-27(24)28(30)32/h2-15,25H,16H2,1H3/t25-/m0/s1. The highest BCUT2D eigenvalue weighted by atomic mass is 16.5. The molecule has 7 nitrogen and oxygen atoms in total. The van der Waals surface area contributed by atoms with Gasteiger partial charge in [0.05, 0.1) is 17.0 Å². The third-order valence-corrected chi connectivity index (χ3v) is 6.06. The molecule has 3 heterocycles. The molecule has 0 aliphatic carbocycles. The molecule has 1 amide bonds. The predicted octanol–water partition coefficient (Wildman–Crippen LogP) is 5.42. The molecule has 0 saturated carbocycles. The van der Waals surface area contributed by atoms with E-state index in [0.717, 1.165) is 5.56 Å². The lowest BCUT2D eigenvalue weighted by molar-refractivity contribution is 0.0969. The lowest BCUT2D eigenvalue weighted by atomic mass is 9.98. The van der Waals surface area contributed by atoms with Crippen LogP contribution in [-0.4, -0.2) is 11.1 Å². The van der Waals surface area contributed by atoms with Crippen molar-refractivity contribution < 1.29 is 18.5 Å². The van der Waals surface area contributed by atoms with Crippen molar-refractivity contribution in [2.45, 2.75) is 19.6 Å². The largest absolute Gasteiger partial charge is 0.489 e. The fourth-order valence-electron chi connectivity index (χ4n) is 4.45. The van der Waals surface area contributed by atoms with Crippen LogP contribution in [0, 0.1) is 6.92 Å². The Balaban J connectivity index is 1.48. The number of amides is 1. The molecular formula is C28H20N2O5. The number of aryl methyl sites for hydroxylation is 1. The molecule has 0 bridgehead atoms. The maximum absolute atomic E-state index is 13.6. The Hall–Kier alpha value is -4.65. The minimum atomic E-state index is -0.747. The van der Waals surface area contributed by atoms with E-state index in [1.165, 1.54) is 4.90 Å². The molecule has 0 fully saturated rings. The zero-order chi connectivity index (χ0) is 23.9. The highest BCUT2D eigenvalue weighted by Gasteiger charge is 2.45. The average molecular weight is 464 g/mol. The van der Waals surface area contributed by atoms with E-state index < -0.39 is 11.9 Å². The number of rotatable bonds is 5. The van der Waals surface area contributed by atoms with Crippen molar-refractivity contribution in [3.8, 4) is 5.75 Å². The predicted molar refractivity (Wildman–Crippen MR) is 130 cm³/mol. The number of carbonyl (C=O) groups is 1. The third kappa shape index (κ3) is 3.58. The molecule has 1 atom stereocenters. The lowest BCUT2D eigenvalue weighted by Crippen LogP contribution is -2.29. The third-order valence-electron chi connectivity index (χ3n) is 6.06. The van der Waals surface area contributed by atoms with Gasteiger partial charge < -0.3 is 13.7 Å². The molecular weight excluding hydrogens is 444 g/mol. The van der Waals surface area contributed by atoms with Gasteiger partial charge in [0, 0.05) is 6.07 Å². The van der Waals surface area contributed by atoms with Gasteiger partial charge in [0.2, 0.25) is 5.76 Å². The number of nitrogens with zero attached hydrogens (tertiary/aromatic N) is 2. The van der Waals surface area contributed by atoms with Gasteiger partial charge >= 0.3 is 0 Å². The van der Waals surface area contributed by atoms with E-state index in [0.29, 0.717) is 40.5 Å². The molecule has 3 aromatic carbocycles. The molecule has 6 rings (SSSR count). The molecule has 0 saturated heterocycles. The Morgan fingerprint density at radius 3 is 2.54 bits per heavy atom. The molecule has 0 radical (unpaired) electrons. The molecule has 2 aromatic heterocycles. The molecule has 1 aliphatic rings. The van der Waals surface area contributed by atoms with Gasteiger partial charge in [-0.05, 0) is 42.3 Å².